The van der Waals surface area contributed by atoms with Crippen LogP contribution in [-0.2, 0) is 0 Å². The fourth-order valence-corrected chi connectivity index (χ4v) is 3.56. The summed E-state index contributed by atoms with van der Waals surface area (Å²) in [6.45, 7) is 1.78. The molecule has 0 N–H and O–H groups in total. The van der Waals surface area contributed by atoms with Crippen molar-refractivity contribution >= 4 is 28.9 Å². The van der Waals surface area contributed by atoms with Gasteiger partial charge in [0, 0.05) is 10.6 Å². The van der Waals surface area contributed by atoms with Gasteiger partial charge in [-0.15, -0.1) is 16.4 Å². The molecule has 0 fully saturated rings. The second kappa shape index (κ2) is 7.26. The average molecular weight is 398 g/mol. The van der Waals surface area contributed by atoms with Crippen LogP contribution in [0.1, 0.15) is 15.4 Å². The Bertz CT molecular complexity index is 1090. The maximum Gasteiger partial charge on any atom is 0.355 e. The van der Waals surface area contributed by atoms with E-state index in [-0.39, 0.29) is 0 Å². The molecule has 0 saturated heterocycles. The van der Waals surface area contributed by atoms with Crippen LogP contribution in [0.15, 0.2) is 54.9 Å². The number of esters is 1. The highest BCUT2D eigenvalue weighted by atomic mass is 35.5. The van der Waals surface area contributed by atoms with Gasteiger partial charge in [0.05, 0.1) is 11.4 Å². The Morgan fingerprint density at radius 1 is 1.19 bits per heavy atom. The maximum absolute atomic E-state index is 12.5. The topological polar surface area (TPSA) is 82.8 Å². The molecule has 0 spiro atoms. The molecule has 0 saturated carbocycles. The van der Waals surface area contributed by atoms with Gasteiger partial charge in [0.1, 0.15) is 22.0 Å². The van der Waals surface area contributed by atoms with Gasteiger partial charge in [0.25, 0.3) is 0 Å². The van der Waals surface area contributed by atoms with E-state index in [2.05, 4.69) is 20.5 Å². The Hall–Kier alpha value is -3.10. The van der Waals surface area contributed by atoms with Crippen molar-refractivity contribution in [1.82, 2.24) is 25.2 Å². The molecule has 9 heteroatoms. The molecule has 0 aliphatic rings. The lowest BCUT2D eigenvalue weighted by Gasteiger charge is -2.04. The molecule has 2 heterocycles. The van der Waals surface area contributed by atoms with Gasteiger partial charge in [-0.3, -0.25) is 0 Å². The SMILES string of the molecule is Cc1nc(-c2cccc(Cl)c2)sc1C(=O)Oc1ccc(-n2cnnn2)cc1. The Labute approximate surface area is 163 Å². The number of hydrogen-bond donors (Lipinski definition) is 0. The third-order valence-corrected chi connectivity index (χ3v) is 5.14. The van der Waals surface area contributed by atoms with Crippen molar-refractivity contribution in [2.24, 2.45) is 0 Å². The molecule has 0 aliphatic carbocycles. The molecular weight excluding hydrogens is 386 g/mol. The summed E-state index contributed by atoms with van der Waals surface area (Å²) < 4.78 is 6.98. The number of ether oxygens (including phenoxy) is 1. The number of rotatable bonds is 4. The zero-order chi connectivity index (χ0) is 18.8. The Morgan fingerprint density at radius 2 is 2.00 bits per heavy atom. The summed E-state index contributed by atoms with van der Waals surface area (Å²) in [4.78, 5) is 17.5. The largest absolute Gasteiger partial charge is 0.422 e. The zero-order valence-corrected chi connectivity index (χ0v) is 15.6. The molecule has 2 aromatic carbocycles. The molecule has 7 nitrogen and oxygen atoms in total. The van der Waals surface area contributed by atoms with E-state index < -0.39 is 5.97 Å². The number of thiazole rings is 1. The van der Waals surface area contributed by atoms with E-state index in [1.54, 1.807) is 37.3 Å². The van der Waals surface area contributed by atoms with E-state index in [9.17, 15) is 4.79 Å². The first-order chi connectivity index (χ1) is 13.1. The van der Waals surface area contributed by atoms with Crippen LogP contribution in [0.2, 0.25) is 5.02 Å². The Kier molecular flexibility index (Phi) is 4.66. The van der Waals surface area contributed by atoms with Gasteiger partial charge in [-0.1, -0.05) is 23.7 Å². The normalized spacial score (nSPS) is 10.7. The van der Waals surface area contributed by atoms with E-state index in [1.807, 2.05) is 18.2 Å². The predicted octanol–water partition coefficient (Wildman–Crippen LogP) is 3.97. The van der Waals surface area contributed by atoms with Crippen molar-refractivity contribution in [3.63, 3.8) is 0 Å². The van der Waals surface area contributed by atoms with Gasteiger partial charge in [-0.25, -0.2) is 14.5 Å². The second-order valence-corrected chi connectivity index (χ2v) is 7.02. The zero-order valence-electron chi connectivity index (χ0n) is 14.0. The minimum atomic E-state index is -0.451. The van der Waals surface area contributed by atoms with E-state index in [0.29, 0.717) is 21.3 Å². The smallest absolute Gasteiger partial charge is 0.355 e. The van der Waals surface area contributed by atoms with Gasteiger partial charge >= 0.3 is 5.97 Å². The number of benzene rings is 2. The summed E-state index contributed by atoms with van der Waals surface area (Å²) >= 11 is 7.31. The van der Waals surface area contributed by atoms with Crippen molar-refractivity contribution in [1.29, 1.82) is 0 Å². The quantitative estimate of drug-likeness (QED) is 0.383. The van der Waals surface area contributed by atoms with Crippen molar-refractivity contribution in [2.45, 2.75) is 6.92 Å². The van der Waals surface area contributed by atoms with Crippen molar-refractivity contribution in [3.8, 4) is 22.0 Å². The van der Waals surface area contributed by atoms with Crippen LogP contribution in [0.4, 0.5) is 0 Å². The van der Waals surface area contributed by atoms with Crippen LogP contribution in [0.25, 0.3) is 16.3 Å². The standard InChI is InChI=1S/C18H12ClN5O2S/c1-11-16(27-17(21-11)12-3-2-4-13(19)9-12)18(25)26-15-7-5-14(6-8-15)24-10-20-22-23-24/h2-10H,1H3. The fourth-order valence-electron chi connectivity index (χ4n) is 2.43. The van der Waals surface area contributed by atoms with Crippen LogP contribution in [0.3, 0.4) is 0 Å². The van der Waals surface area contributed by atoms with Crippen molar-refractivity contribution < 1.29 is 9.53 Å². The van der Waals surface area contributed by atoms with Crippen molar-refractivity contribution in [3.05, 3.63) is 70.5 Å². The lowest BCUT2D eigenvalue weighted by atomic mass is 10.2. The summed E-state index contributed by atoms with van der Waals surface area (Å²) in [5.74, 6) is -0.0256. The maximum atomic E-state index is 12.5. The number of tetrazole rings is 1. The first-order valence-corrected chi connectivity index (χ1v) is 9.08. The van der Waals surface area contributed by atoms with Gasteiger partial charge in [-0.2, -0.15) is 0 Å². The van der Waals surface area contributed by atoms with E-state index in [4.69, 9.17) is 16.3 Å². The van der Waals surface area contributed by atoms with Gasteiger partial charge in [-0.05, 0) is 53.7 Å². The Morgan fingerprint density at radius 3 is 2.70 bits per heavy atom. The summed E-state index contributed by atoms with van der Waals surface area (Å²) in [7, 11) is 0. The molecule has 0 aliphatic heterocycles. The molecule has 134 valence electrons. The summed E-state index contributed by atoms with van der Waals surface area (Å²) in [6.07, 6.45) is 1.49. The lowest BCUT2D eigenvalue weighted by Crippen LogP contribution is -2.08. The van der Waals surface area contributed by atoms with Crippen LogP contribution in [0, 0.1) is 6.92 Å². The second-order valence-electron chi connectivity index (χ2n) is 5.58. The Balaban J connectivity index is 1.53. The molecular formula is C18H12ClN5O2S. The van der Waals surface area contributed by atoms with E-state index in [0.717, 1.165) is 16.3 Å². The molecule has 2 aromatic heterocycles. The third kappa shape index (κ3) is 3.71. The molecule has 0 bridgehead atoms. The molecule has 4 aromatic rings. The van der Waals surface area contributed by atoms with Gasteiger partial charge < -0.3 is 4.74 Å². The summed E-state index contributed by atoms with van der Waals surface area (Å²) in [6, 6.07) is 14.2. The number of aryl methyl sites for hydroxylation is 1. The van der Waals surface area contributed by atoms with Crippen LogP contribution >= 0.6 is 22.9 Å². The predicted molar refractivity (Wildman–Crippen MR) is 101 cm³/mol. The van der Waals surface area contributed by atoms with Gasteiger partial charge in [0.2, 0.25) is 0 Å². The number of aromatic nitrogens is 5. The molecule has 0 atom stereocenters. The lowest BCUT2D eigenvalue weighted by molar-refractivity contribution is 0.0739. The molecule has 0 unspecified atom stereocenters. The minimum Gasteiger partial charge on any atom is -0.422 e. The highest BCUT2D eigenvalue weighted by Crippen LogP contribution is 2.30. The third-order valence-electron chi connectivity index (χ3n) is 3.71. The van der Waals surface area contributed by atoms with Crippen LogP contribution in [0.5, 0.6) is 5.75 Å². The number of halogens is 1. The molecule has 0 amide bonds. The first kappa shape index (κ1) is 17.3. The fraction of sp³-hybridized carbons (Fsp3) is 0.0556. The van der Waals surface area contributed by atoms with Gasteiger partial charge in [0.15, 0.2) is 0 Å². The minimum absolute atomic E-state index is 0.425. The first-order valence-electron chi connectivity index (χ1n) is 7.89. The number of carbonyl (C=O) groups excluding carboxylic acids is 1. The summed E-state index contributed by atoms with van der Waals surface area (Å²) in [5.41, 5.74) is 2.24. The highest BCUT2D eigenvalue weighted by molar-refractivity contribution is 7.17. The number of hydrogen-bond acceptors (Lipinski definition) is 7. The van der Waals surface area contributed by atoms with Crippen molar-refractivity contribution in [2.75, 3.05) is 0 Å². The molecule has 27 heavy (non-hydrogen) atoms. The average Bonchev–Trinajstić information content (AvgIpc) is 3.32. The molecule has 0 radical (unpaired) electrons. The molecule has 4 rings (SSSR count). The highest BCUT2D eigenvalue weighted by Gasteiger charge is 2.18. The summed E-state index contributed by atoms with van der Waals surface area (Å²) in [5, 5.41) is 12.3. The number of nitrogens with zero attached hydrogens (tertiary/aromatic N) is 5. The number of carbonyl (C=O) groups is 1. The van der Waals surface area contributed by atoms with E-state index >= 15 is 0 Å². The van der Waals surface area contributed by atoms with Crippen LogP contribution < -0.4 is 4.74 Å². The monoisotopic (exact) mass is 397 g/mol. The van der Waals surface area contributed by atoms with E-state index in [1.165, 1.54) is 22.3 Å². The van der Waals surface area contributed by atoms with Crippen LogP contribution in [-0.4, -0.2) is 31.2 Å².